The smallest absolute Gasteiger partial charge is 0.176 e. The van der Waals surface area contributed by atoms with Crippen molar-refractivity contribution in [3.8, 4) is 5.75 Å². The molecule has 2 rings (SSSR count). The highest BCUT2D eigenvalue weighted by Gasteiger charge is 2.02. The third-order valence-electron chi connectivity index (χ3n) is 2.63. The van der Waals surface area contributed by atoms with E-state index >= 15 is 0 Å². The quantitative estimate of drug-likeness (QED) is 0.829. The zero-order valence-corrected chi connectivity index (χ0v) is 12.4. The van der Waals surface area contributed by atoms with Crippen LogP contribution in [0.5, 0.6) is 5.75 Å². The van der Waals surface area contributed by atoms with Gasteiger partial charge in [-0.3, -0.25) is 4.68 Å². The van der Waals surface area contributed by atoms with Crippen LogP contribution in [-0.2, 0) is 6.54 Å². The molecule has 0 spiro atoms. The van der Waals surface area contributed by atoms with Crippen LogP contribution >= 0.6 is 12.2 Å². The fraction of sp³-hybridized carbons (Fsp3) is 0.286. The molecule has 106 valence electrons. The second-order valence-electron chi connectivity index (χ2n) is 4.09. The molecule has 5 nitrogen and oxygen atoms in total. The van der Waals surface area contributed by atoms with Gasteiger partial charge in [0.05, 0.1) is 6.61 Å². The van der Waals surface area contributed by atoms with E-state index in [9.17, 15) is 0 Å². The predicted molar refractivity (Wildman–Crippen MR) is 85.4 cm³/mol. The molecule has 0 aliphatic carbocycles. The topological polar surface area (TPSA) is 51.1 Å². The minimum absolute atomic E-state index is 0.510. The predicted octanol–water partition coefficient (Wildman–Crippen LogP) is 3.11. The van der Waals surface area contributed by atoms with Gasteiger partial charge in [-0.1, -0.05) is 0 Å². The normalized spacial score (nSPS) is 10.1. The lowest BCUT2D eigenvalue weighted by Crippen LogP contribution is -2.19. The molecule has 0 unspecified atom stereocenters. The van der Waals surface area contributed by atoms with Gasteiger partial charge in [-0.15, -0.1) is 0 Å². The summed E-state index contributed by atoms with van der Waals surface area (Å²) in [6.45, 7) is 5.49. The van der Waals surface area contributed by atoms with Crippen LogP contribution in [0.2, 0.25) is 0 Å². The van der Waals surface area contributed by atoms with E-state index in [-0.39, 0.29) is 0 Å². The molecule has 2 aromatic rings. The van der Waals surface area contributed by atoms with Crippen molar-refractivity contribution < 1.29 is 4.74 Å². The van der Waals surface area contributed by atoms with Gasteiger partial charge >= 0.3 is 0 Å². The fourth-order valence-corrected chi connectivity index (χ4v) is 1.91. The summed E-state index contributed by atoms with van der Waals surface area (Å²) in [5.41, 5.74) is 0.904. The van der Waals surface area contributed by atoms with Crippen LogP contribution in [-0.4, -0.2) is 21.5 Å². The Balaban J connectivity index is 1.90. The van der Waals surface area contributed by atoms with Crippen LogP contribution in [0.1, 0.15) is 13.8 Å². The molecule has 6 heteroatoms. The molecule has 0 aliphatic heterocycles. The van der Waals surface area contributed by atoms with Crippen molar-refractivity contribution in [1.82, 2.24) is 9.78 Å². The molecular formula is C14H18N4OS. The van der Waals surface area contributed by atoms with E-state index in [1.54, 1.807) is 0 Å². The Labute approximate surface area is 123 Å². The Hall–Kier alpha value is -2.08. The lowest BCUT2D eigenvalue weighted by atomic mass is 10.3. The van der Waals surface area contributed by atoms with E-state index in [1.165, 1.54) is 0 Å². The third-order valence-corrected chi connectivity index (χ3v) is 2.83. The summed E-state index contributed by atoms with van der Waals surface area (Å²) in [4.78, 5) is 0. The van der Waals surface area contributed by atoms with Crippen molar-refractivity contribution in [3.63, 3.8) is 0 Å². The number of ether oxygens (including phenoxy) is 1. The molecule has 0 saturated heterocycles. The lowest BCUT2D eigenvalue weighted by Gasteiger charge is -2.09. The second kappa shape index (κ2) is 6.91. The standard InChI is InChI=1S/C14H18N4OS/c1-3-18-10-9-13(17-18)16-14(20)15-11-5-7-12(8-6-11)19-4-2/h5-10H,3-4H2,1-2H3,(H2,15,16,17,20). The van der Waals surface area contributed by atoms with Crippen LogP contribution in [0.15, 0.2) is 36.5 Å². The van der Waals surface area contributed by atoms with E-state index < -0.39 is 0 Å². The molecule has 1 aromatic heterocycles. The molecule has 0 amide bonds. The maximum Gasteiger partial charge on any atom is 0.176 e. The van der Waals surface area contributed by atoms with Crippen molar-refractivity contribution >= 4 is 28.8 Å². The Morgan fingerprint density at radius 3 is 2.55 bits per heavy atom. The maximum atomic E-state index is 5.39. The first-order chi connectivity index (χ1) is 9.71. The van der Waals surface area contributed by atoms with Gasteiger partial charge in [-0.05, 0) is 50.3 Å². The first kappa shape index (κ1) is 14.3. The number of anilines is 2. The van der Waals surface area contributed by atoms with E-state index in [1.807, 2.05) is 55.1 Å². The summed E-state index contributed by atoms with van der Waals surface area (Å²) in [6.07, 6.45) is 1.90. The number of thiocarbonyl (C=S) groups is 1. The molecule has 1 heterocycles. The monoisotopic (exact) mass is 290 g/mol. The Morgan fingerprint density at radius 1 is 1.20 bits per heavy atom. The summed E-state index contributed by atoms with van der Waals surface area (Å²) in [6, 6.07) is 9.53. The third kappa shape index (κ3) is 3.96. The molecular weight excluding hydrogens is 272 g/mol. The average molecular weight is 290 g/mol. The Kier molecular flexibility index (Phi) is 4.95. The highest BCUT2D eigenvalue weighted by Crippen LogP contribution is 2.15. The van der Waals surface area contributed by atoms with Crippen LogP contribution in [0, 0.1) is 0 Å². The first-order valence-electron chi connectivity index (χ1n) is 6.55. The average Bonchev–Trinajstić information content (AvgIpc) is 2.89. The number of aromatic nitrogens is 2. The zero-order chi connectivity index (χ0) is 14.4. The minimum Gasteiger partial charge on any atom is -0.494 e. The highest BCUT2D eigenvalue weighted by molar-refractivity contribution is 7.80. The van der Waals surface area contributed by atoms with E-state index in [2.05, 4.69) is 15.7 Å². The lowest BCUT2D eigenvalue weighted by molar-refractivity contribution is 0.340. The molecule has 0 atom stereocenters. The fourth-order valence-electron chi connectivity index (χ4n) is 1.68. The summed E-state index contributed by atoms with van der Waals surface area (Å²) >= 11 is 5.24. The Bertz CT molecular complexity index is 565. The van der Waals surface area contributed by atoms with Crippen LogP contribution < -0.4 is 15.4 Å². The van der Waals surface area contributed by atoms with Gasteiger partial charge in [0.15, 0.2) is 10.9 Å². The second-order valence-corrected chi connectivity index (χ2v) is 4.50. The number of nitrogens with zero attached hydrogens (tertiary/aromatic N) is 2. The van der Waals surface area contributed by atoms with Crippen molar-refractivity contribution in [2.75, 3.05) is 17.2 Å². The van der Waals surface area contributed by atoms with Gasteiger partial charge < -0.3 is 15.4 Å². The van der Waals surface area contributed by atoms with E-state index in [0.717, 1.165) is 23.8 Å². The van der Waals surface area contributed by atoms with Gasteiger partial charge in [0.25, 0.3) is 0 Å². The van der Waals surface area contributed by atoms with Gasteiger partial charge in [-0.25, -0.2) is 0 Å². The van der Waals surface area contributed by atoms with Gasteiger partial charge in [0.1, 0.15) is 5.75 Å². The van der Waals surface area contributed by atoms with Crippen LogP contribution in [0.25, 0.3) is 0 Å². The molecule has 0 bridgehead atoms. The van der Waals surface area contributed by atoms with Gasteiger partial charge in [-0.2, -0.15) is 5.10 Å². The maximum absolute atomic E-state index is 5.39. The molecule has 2 N–H and O–H groups in total. The summed E-state index contributed by atoms with van der Waals surface area (Å²) in [5, 5.41) is 11.0. The zero-order valence-electron chi connectivity index (χ0n) is 11.6. The summed E-state index contributed by atoms with van der Waals surface area (Å²) < 4.78 is 7.22. The van der Waals surface area contributed by atoms with E-state index in [0.29, 0.717) is 11.7 Å². The number of hydrogen-bond donors (Lipinski definition) is 2. The van der Waals surface area contributed by atoms with E-state index in [4.69, 9.17) is 17.0 Å². The largest absolute Gasteiger partial charge is 0.494 e. The highest BCUT2D eigenvalue weighted by atomic mass is 32.1. The molecule has 1 aromatic carbocycles. The van der Waals surface area contributed by atoms with Crippen molar-refractivity contribution in [2.45, 2.75) is 20.4 Å². The van der Waals surface area contributed by atoms with Gasteiger partial charge in [0.2, 0.25) is 0 Å². The van der Waals surface area contributed by atoms with Gasteiger partial charge in [0, 0.05) is 24.5 Å². The number of aryl methyl sites for hydroxylation is 1. The number of nitrogens with one attached hydrogen (secondary N) is 2. The molecule has 0 radical (unpaired) electrons. The van der Waals surface area contributed by atoms with Crippen molar-refractivity contribution in [3.05, 3.63) is 36.5 Å². The van der Waals surface area contributed by atoms with Crippen molar-refractivity contribution in [1.29, 1.82) is 0 Å². The van der Waals surface area contributed by atoms with Crippen LogP contribution in [0.3, 0.4) is 0 Å². The number of hydrogen-bond acceptors (Lipinski definition) is 3. The van der Waals surface area contributed by atoms with Crippen molar-refractivity contribution in [2.24, 2.45) is 0 Å². The van der Waals surface area contributed by atoms with Crippen LogP contribution in [0.4, 0.5) is 11.5 Å². The molecule has 0 aliphatic rings. The Morgan fingerprint density at radius 2 is 1.95 bits per heavy atom. The summed E-state index contributed by atoms with van der Waals surface area (Å²) in [7, 11) is 0. The SMILES string of the molecule is CCOc1ccc(NC(=S)Nc2ccn(CC)n2)cc1. The summed E-state index contributed by atoms with van der Waals surface area (Å²) in [5.74, 6) is 1.58. The molecule has 20 heavy (non-hydrogen) atoms. The minimum atomic E-state index is 0.510. The number of rotatable bonds is 5. The number of benzene rings is 1. The molecule has 0 fully saturated rings. The molecule has 0 saturated carbocycles. The first-order valence-corrected chi connectivity index (χ1v) is 6.96.